The lowest BCUT2D eigenvalue weighted by Crippen LogP contribution is -2.44. The fourth-order valence-corrected chi connectivity index (χ4v) is 3.10. The van der Waals surface area contributed by atoms with Crippen LogP contribution in [0.4, 0.5) is 0 Å². The Morgan fingerprint density at radius 1 is 1.22 bits per heavy atom. The zero-order valence-electron chi connectivity index (χ0n) is 15.4. The van der Waals surface area contributed by atoms with E-state index >= 15 is 0 Å². The lowest BCUT2D eigenvalue weighted by molar-refractivity contribution is 0.0733. The Labute approximate surface area is 142 Å². The van der Waals surface area contributed by atoms with Crippen LogP contribution in [-0.2, 0) is 0 Å². The van der Waals surface area contributed by atoms with Crippen LogP contribution in [0, 0.1) is 5.92 Å². The molecule has 0 bridgehead atoms. The average molecular weight is 322 g/mol. The minimum Gasteiger partial charge on any atom is -0.396 e. The Morgan fingerprint density at radius 2 is 1.91 bits per heavy atom. The monoisotopic (exact) mass is 321 g/mol. The minimum absolute atomic E-state index is 0.372. The molecule has 23 heavy (non-hydrogen) atoms. The Balaban J connectivity index is 0.000000238. The van der Waals surface area contributed by atoms with Crippen LogP contribution in [-0.4, -0.2) is 45.7 Å². The molecule has 2 heterocycles. The molecule has 1 N–H and O–H groups in total. The second-order valence-corrected chi connectivity index (χ2v) is 6.60. The van der Waals surface area contributed by atoms with E-state index in [0.717, 1.165) is 24.8 Å². The highest BCUT2D eigenvalue weighted by molar-refractivity contribution is 4.94. The predicted octanol–water partition coefficient (Wildman–Crippen LogP) is 3.87. The van der Waals surface area contributed by atoms with Crippen molar-refractivity contribution < 1.29 is 5.11 Å². The van der Waals surface area contributed by atoms with Crippen LogP contribution in [0.25, 0.3) is 0 Å². The fourth-order valence-electron chi connectivity index (χ4n) is 3.10. The molecule has 3 unspecified atom stereocenters. The SMILES string of the molecule is CCC(C)c1ncccn1.CCCN1CC(CO)CCC1CC. The van der Waals surface area contributed by atoms with E-state index in [1.807, 2.05) is 6.07 Å². The summed E-state index contributed by atoms with van der Waals surface area (Å²) in [6, 6.07) is 2.62. The minimum atomic E-state index is 0.372. The number of hydrogen-bond donors (Lipinski definition) is 1. The quantitative estimate of drug-likeness (QED) is 0.864. The van der Waals surface area contributed by atoms with Crippen LogP contribution in [0.15, 0.2) is 18.5 Å². The molecule has 0 amide bonds. The Hall–Kier alpha value is -1.00. The van der Waals surface area contributed by atoms with Crippen LogP contribution < -0.4 is 0 Å². The van der Waals surface area contributed by atoms with Gasteiger partial charge in [-0.1, -0.05) is 27.7 Å². The molecular formula is C19H35N3O. The second-order valence-electron chi connectivity index (χ2n) is 6.60. The van der Waals surface area contributed by atoms with Crippen molar-refractivity contribution in [3.8, 4) is 0 Å². The Kier molecular flexibility index (Phi) is 10.0. The number of hydrogen-bond acceptors (Lipinski definition) is 4. The molecule has 1 saturated heterocycles. The first-order valence-corrected chi connectivity index (χ1v) is 9.27. The van der Waals surface area contributed by atoms with E-state index in [0.29, 0.717) is 18.4 Å². The van der Waals surface area contributed by atoms with Gasteiger partial charge in [-0.3, -0.25) is 0 Å². The van der Waals surface area contributed by atoms with Gasteiger partial charge in [0.05, 0.1) is 0 Å². The van der Waals surface area contributed by atoms with Gasteiger partial charge >= 0.3 is 0 Å². The topological polar surface area (TPSA) is 49.2 Å². The molecule has 1 aliphatic heterocycles. The van der Waals surface area contributed by atoms with Crippen molar-refractivity contribution in [1.29, 1.82) is 0 Å². The predicted molar refractivity (Wildman–Crippen MR) is 96.5 cm³/mol. The summed E-state index contributed by atoms with van der Waals surface area (Å²) in [4.78, 5) is 10.8. The zero-order chi connectivity index (χ0) is 17.1. The number of rotatable bonds is 6. The normalized spacial score (nSPS) is 23.0. The lowest BCUT2D eigenvalue weighted by atomic mass is 9.92. The first kappa shape index (κ1) is 20.0. The van der Waals surface area contributed by atoms with Gasteiger partial charge in [0, 0.05) is 37.5 Å². The smallest absolute Gasteiger partial charge is 0.130 e. The molecule has 4 heteroatoms. The third kappa shape index (κ3) is 6.96. The molecule has 0 spiro atoms. The molecule has 1 aliphatic rings. The first-order chi connectivity index (χ1) is 11.2. The summed E-state index contributed by atoms with van der Waals surface area (Å²) in [7, 11) is 0. The Bertz CT molecular complexity index is 399. The molecular weight excluding hydrogens is 286 g/mol. The third-order valence-corrected chi connectivity index (χ3v) is 4.80. The van der Waals surface area contributed by atoms with Gasteiger partial charge in [-0.05, 0) is 50.6 Å². The number of piperidine rings is 1. The molecule has 1 aromatic rings. The van der Waals surface area contributed by atoms with Gasteiger partial charge in [0.1, 0.15) is 5.82 Å². The molecule has 1 fully saturated rings. The summed E-state index contributed by atoms with van der Waals surface area (Å²) in [6.07, 6.45) is 9.66. The third-order valence-electron chi connectivity index (χ3n) is 4.80. The van der Waals surface area contributed by atoms with Gasteiger partial charge in [0.2, 0.25) is 0 Å². The fraction of sp³-hybridized carbons (Fsp3) is 0.789. The number of aromatic nitrogens is 2. The molecule has 0 saturated carbocycles. The van der Waals surface area contributed by atoms with Crippen LogP contribution >= 0.6 is 0 Å². The van der Waals surface area contributed by atoms with E-state index in [9.17, 15) is 0 Å². The van der Waals surface area contributed by atoms with Crippen molar-refractivity contribution in [1.82, 2.24) is 14.9 Å². The molecule has 1 aromatic heterocycles. The van der Waals surface area contributed by atoms with Gasteiger partial charge in [-0.15, -0.1) is 0 Å². The van der Waals surface area contributed by atoms with E-state index in [4.69, 9.17) is 5.11 Å². The van der Waals surface area contributed by atoms with Crippen molar-refractivity contribution in [3.05, 3.63) is 24.3 Å². The van der Waals surface area contributed by atoms with E-state index in [1.165, 1.54) is 32.2 Å². The van der Waals surface area contributed by atoms with Crippen LogP contribution in [0.3, 0.4) is 0 Å². The molecule has 2 rings (SSSR count). The van der Waals surface area contributed by atoms with E-state index in [-0.39, 0.29) is 0 Å². The number of aliphatic hydroxyl groups is 1. The summed E-state index contributed by atoms with van der Waals surface area (Å²) in [6.45, 7) is 11.5. The maximum absolute atomic E-state index is 9.11. The van der Waals surface area contributed by atoms with Crippen molar-refractivity contribution in [2.24, 2.45) is 5.92 Å². The van der Waals surface area contributed by atoms with Crippen molar-refractivity contribution in [3.63, 3.8) is 0 Å². The molecule has 0 radical (unpaired) electrons. The second kappa shape index (κ2) is 11.5. The summed E-state index contributed by atoms with van der Waals surface area (Å²) < 4.78 is 0. The summed E-state index contributed by atoms with van der Waals surface area (Å²) in [5.74, 6) is 1.97. The molecule has 3 atom stereocenters. The van der Waals surface area contributed by atoms with Crippen LogP contribution in [0.5, 0.6) is 0 Å². The highest BCUT2D eigenvalue weighted by atomic mass is 16.3. The first-order valence-electron chi connectivity index (χ1n) is 9.27. The van der Waals surface area contributed by atoms with Gasteiger partial charge in [-0.25, -0.2) is 9.97 Å². The molecule has 4 nitrogen and oxygen atoms in total. The van der Waals surface area contributed by atoms with E-state index < -0.39 is 0 Å². The number of likely N-dealkylation sites (tertiary alicyclic amines) is 1. The Morgan fingerprint density at radius 3 is 2.43 bits per heavy atom. The van der Waals surface area contributed by atoms with Crippen molar-refractivity contribution in [2.45, 2.75) is 71.8 Å². The molecule has 0 aromatic carbocycles. The van der Waals surface area contributed by atoms with Crippen molar-refractivity contribution >= 4 is 0 Å². The van der Waals surface area contributed by atoms with Gasteiger partial charge < -0.3 is 10.0 Å². The maximum atomic E-state index is 9.11. The lowest BCUT2D eigenvalue weighted by Gasteiger charge is -2.38. The van der Waals surface area contributed by atoms with Crippen LogP contribution in [0.1, 0.15) is 71.5 Å². The zero-order valence-corrected chi connectivity index (χ0v) is 15.4. The highest BCUT2D eigenvalue weighted by Crippen LogP contribution is 2.23. The average Bonchev–Trinajstić information content (AvgIpc) is 2.62. The largest absolute Gasteiger partial charge is 0.396 e. The maximum Gasteiger partial charge on any atom is 0.130 e. The van der Waals surface area contributed by atoms with Gasteiger partial charge in [0.25, 0.3) is 0 Å². The summed E-state index contributed by atoms with van der Waals surface area (Å²) in [5.41, 5.74) is 0. The molecule has 0 aliphatic carbocycles. The van der Waals surface area contributed by atoms with Crippen LogP contribution in [0.2, 0.25) is 0 Å². The number of aliphatic hydroxyl groups excluding tert-OH is 1. The van der Waals surface area contributed by atoms with Gasteiger partial charge in [-0.2, -0.15) is 0 Å². The number of nitrogens with zero attached hydrogens (tertiary/aromatic N) is 3. The molecule has 132 valence electrons. The van der Waals surface area contributed by atoms with E-state index in [1.54, 1.807) is 12.4 Å². The summed E-state index contributed by atoms with van der Waals surface area (Å²) >= 11 is 0. The van der Waals surface area contributed by atoms with E-state index in [2.05, 4.69) is 42.6 Å². The van der Waals surface area contributed by atoms with Crippen molar-refractivity contribution in [2.75, 3.05) is 19.7 Å². The standard InChI is InChI=1S/C11H23NO.C8H12N2/c1-3-7-12-8-10(9-13)5-6-11(12)4-2;1-3-7(2)8-9-5-4-6-10-8/h10-11,13H,3-9H2,1-2H3;4-7H,3H2,1-2H3. The van der Waals surface area contributed by atoms with Gasteiger partial charge in [0.15, 0.2) is 0 Å². The summed E-state index contributed by atoms with van der Waals surface area (Å²) in [5, 5.41) is 9.11. The highest BCUT2D eigenvalue weighted by Gasteiger charge is 2.25.